The van der Waals surface area contributed by atoms with Gasteiger partial charge in [0.1, 0.15) is 5.78 Å². The number of Topliss-reactive ketones (excluding diaryl/α,β-unsaturated/α-hetero) is 1. The molecule has 2 nitrogen and oxygen atoms in total. The van der Waals surface area contributed by atoms with Gasteiger partial charge in [0.15, 0.2) is 0 Å². The highest BCUT2D eigenvalue weighted by Gasteiger charge is 2.14. The molecule has 0 saturated heterocycles. The second-order valence-electron chi connectivity index (χ2n) is 4.41. The van der Waals surface area contributed by atoms with E-state index in [1.165, 1.54) is 0 Å². The summed E-state index contributed by atoms with van der Waals surface area (Å²) in [7, 11) is 0. The number of rotatable bonds is 7. The van der Waals surface area contributed by atoms with Crippen LogP contribution in [0.3, 0.4) is 0 Å². The van der Waals surface area contributed by atoms with Gasteiger partial charge in [-0.1, -0.05) is 27.7 Å². The lowest BCUT2D eigenvalue weighted by molar-refractivity contribution is -0.116. The van der Waals surface area contributed by atoms with E-state index in [1.54, 1.807) is 0 Å². The molecule has 3 heteroatoms. The Kier molecular flexibility index (Phi) is 7.28. The monoisotopic (exact) mass is 217 g/mol. The van der Waals surface area contributed by atoms with Crippen LogP contribution in [-0.4, -0.2) is 23.6 Å². The molecular weight excluding hydrogens is 194 g/mol. The summed E-state index contributed by atoms with van der Waals surface area (Å²) >= 11 is 3.97. The average Bonchev–Trinajstić information content (AvgIpc) is 2.10. The lowest BCUT2D eigenvalue weighted by atomic mass is 9.97. The zero-order chi connectivity index (χ0) is 11.1. The highest BCUT2D eigenvalue weighted by atomic mass is 32.1. The molecule has 0 aromatic carbocycles. The molecule has 0 aliphatic carbocycles. The van der Waals surface area contributed by atoms with E-state index in [9.17, 15) is 4.79 Å². The van der Waals surface area contributed by atoms with Crippen molar-refractivity contribution in [2.75, 3.05) is 5.75 Å². The minimum absolute atomic E-state index is 0.240. The Labute approximate surface area is 93.3 Å². The number of carbonyl (C=O) groups is 1. The molecule has 0 aromatic rings. The number of ketones is 1. The van der Waals surface area contributed by atoms with E-state index >= 15 is 0 Å². The molecule has 14 heavy (non-hydrogen) atoms. The first kappa shape index (κ1) is 14.0. The molecule has 0 aliphatic rings. The fourth-order valence-corrected chi connectivity index (χ4v) is 1.59. The Hall–Kier alpha value is -0.0200. The number of hydrogen-bond acceptors (Lipinski definition) is 3. The van der Waals surface area contributed by atoms with Crippen LogP contribution in [0, 0.1) is 5.92 Å². The van der Waals surface area contributed by atoms with E-state index in [4.69, 9.17) is 0 Å². The van der Waals surface area contributed by atoms with Crippen LogP contribution in [0.1, 0.15) is 40.5 Å². The summed E-state index contributed by atoms with van der Waals surface area (Å²) in [4.78, 5) is 11.1. The topological polar surface area (TPSA) is 29.1 Å². The second kappa shape index (κ2) is 7.30. The van der Waals surface area contributed by atoms with Crippen LogP contribution in [0.5, 0.6) is 0 Å². The van der Waals surface area contributed by atoms with E-state index in [-0.39, 0.29) is 5.78 Å². The first-order chi connectivity index (χ1) is 6.47. The fraction of sp³-hybridized carbons (Fsp3) is 0.909. The van der Waals surface area contributed by atoms with E-state index in [0.29, 0.717) is 30.2 Å². The maximum Gasteiger partial charge on any atom is 0.142 e. The third-order valence-electron chi connectivity index (χ3n) is 2.26. The van der Waals surface area contributed by atoms with E-state index in [1.807, 2.05) is 0 Å². The molecule has 0 unspecified atom stereocenters. The fourth-order valence-electron chi connectivity index (χ4n) is 1.43. The summed E-state index contributed by atoms with van der Waals surface area (Å²) < 4.78 is 0. The lowest BCUT2D eigenvalue weighted by Gasteiger charge is -2.24. The van der Waals surface area contributed by atoms with Crippen molar-refractivity contribution in [1.29, 1.82) is 0 Å². The van der Waals surface area contributed by atoms with Gasteiger partial charge in [-0.05, 0) is 12.3 Å². The molecule has 0 aliphatic heterocycles. The van der Waals surface area contributed by atoms with Crippen LogP contribution in [0.15, 0.2) is 0 Å². The Morgan fingerprint density at radius 1 is 1.29 bits per heavy atom. The van der Waals surface area contributed by atoms with Crippen LogP contribution >= 0.6 is 12.6 Å². The highest BCUT2D eigenvalue weighted by Crippen LogP contribution is 2.10. The second-order valence-corrected chi connectivity index (χ2v) is 4.72. The van der Waals surface area contributed by atoms with Gasteiger partial charge in [0, 0.05) is 24.3 Å². The Morgan fingerprint density at radius 2 is 1.86 bits per heavy atom. The Bertz CT molecular complexity index is 169. The maximum absolute atomic E-state index is 11.1. The predicted molar refractivity (Wildman–Crippen MR) is 65.0 cm³/mol. The molecule has 0 heterocycles. The molecule has 84 valence electrons. The van der Waals surface area contributed by atoms with Crippen LogP contribution in [0.25, 0.3) is 0 Å². The quantitative estimate of drug-likeness (QED) is 0.641. The van der Waals surface area contributed by atoms with Gasteiger partial charge >= 0.3 is 0 Å². The van der Waals surface area contributed by atoms with Gasteiger partial charge in [-0.25, -0.2) is 0 Å². The summed E-state index contributed by atoms with van der Waals surface area (Å²) in [6.45, 7) is 8.64. The molecule has 0 spiro atoms. The number of thiol groups is 1. The van der Waals surface area contributed by atoms with Gasteiger partial charge in [-0.15, -0.1) is 0 Å². The maximum atomic E-state index is 11.1. The molecule has 0 aromatic heterocycles. The zero-order valence-electron chi connectivity index (χ0n) is 9.71. The third kappa shape index (κ3) is 6.44. The van der Waals surface area contributed by atoms with Gasteiger partial charge in [0.05, 0.1) is 0 Å². The van der Waals surface area contributed by atoms with Crippen molar-refractivity contribution in [2.45, 2.75) is 52.6 Å². The summed E-state index contributed by atoms with van der Waals surface area (Å²) in [5.74, 6) is 1.18. The third-order valence-corrected chi connectivity index (χ3v) is 2.62. The predicted octanol–water partition coefficient (Wildman–Crippen LogP) is 2.29. The number of hydrogen-bond donors (Lipinski definition) is 2. The summed E-state index contributed by atoms with van der Waals surface area (Å²) in [5, 5.41) is 3.48. The van der Waals surface area contributed by atoms with Crippen LogP contribution in [0.4, 0.5) is 0 Å². The SMILES string of the molecule is CC(C)N[C@H](CCC(=O)CS)C(C)C. The van der Waals surface area contributed by atoms with Gasteiger partial charge in [-0.2, -0.15) is 12.6 Å². The van der Waals surface area contributed by atoms with Crippen molar-refractivity contribution < 1.29 is 4.79 Å². The van der Waals surface area contributed by atoms with Gasteiger partial charge in [-0.3, -0.25) is 4.79 Å². The van der Waals surface area contributed by atoms with E-state index < -0.39 is 0 Å². The minimum atomic E-state index is 0.240. The Morgan fingerprint density at radius 3 is 2.21 bits per heavy atom. The van der Waals surface area contributed by atoms with Crippen LogP contribution in [0.2, 0.25) is 0 Å². The normalized spacial score (nSPS) is 13.6. The molecule has 0 fully saturated rings. The molecule has 0 amide bonds. The van der Waals surface area contributed by atoms with Crippen molar-refractivity contribution >= 4 is 18.4 Å². The summed E-state index contributed by atoms with van der Waals surface area (Å²) in [6.07, 6.45) is 1.57. The average molecular weight is 217 g/mol. The van der Waals surface area contributed by atoms with Crippen molar-refractivity contribution in [1.82, 2.24) is 5.32 Å². The smallest absolute Gasteiger partial charge is 0.142 e. The van der Waals surface area contributed by atoms with Crippen LogP contribution in [-0.2, 0) is 4.79 Å². The lowest BCUT2D eigenvalue weighted by Crippen LogP contribution is -2.38. The highest BCUT2D eigenvalue weighted by molar-refractivity contribution is 7.81. The van der Waals surface area contributed by atoms with E-state index in [0.717, 1.165) is 6.42 Å². The number of nitrogens with one attached hydrogen (secondary N) is 1. The van der Waals surface area contributed by atoms with Gasteiger partial charge in [0.2, 0.25) is 0 Å². The first-order valence-electron chi connectivity index (χ1n) is 5.36. The number of carbonyl (C=O) groups excluding carboxylic acids is 1. The molecular formula is C11H23NOS. The first-order valence-corrected chi connectivity index (χ1v) is 5.99. The largest absolute Gasteiger partial charge is 0.312 e. The van der Waals surface area contributed by atoms with Crippen molar-refractivity contribution in [2.24, 2.45) is 5.92 Å². The summed E-state index contributed by atoms with van der Waals surface area (Å²) in [6, 6.07) is 0.923. The Balaban J connectivity index is 3.91. The molecule has 1 atom stereocenters. The van der Waals surface area contributed by atoms with Crippen molar-refractivity contribution in [3.8, 4) is 0 Å². The molecule has 0 bridgehead atoms. The standard InChI is InChI=1S/C11H23NOS/c1-8(2)11(12-9(3)4)6-5-10(13)7-14/h8-9,11-12,14H,5-7H2,1-4H3/t11-/m1/s1. The van der Waals surface area contributed by atoms with Crippen molar-refractivity contribution in [3.05, 3.63) is 0 Å². The van der Waals surface area contributed by atoms with E-state index in [2.05, 4.69) is 45.6 Å². The molecule has 1 N–H and O–H groups in total. The zero-order valence-corrected chi connectivity index (χ0v) is 10.6. The molecule has 0 saturated carbocycles. The minimum Gasteiger partial charge on any atom is -0.312 e. The van der Waals surface area contributed by atoms with Crippen LogP contribution < -0.4 is 5.32 Å². The van der Waals surface area contributed by atoms with Crippen molar-refractivity contribution in [3.63, 3.8) is 0 Å². The molecule has 0 rings (SSSR count). The molecule has 0 radical (unpaired) electrons. The van der Waals surface area contributed by atoms with Gasteiger partial charge in [0.25, 0.3) is 0 Å². The van der Waals surface area contributed by atoms with Gasteiger partial charge < -0.3 is 5.32 Å². The summed E-state index contributed by atoms with van der Waals surface area (Å²) in [5.41, 5.74) is 0.